The summed E-state index contributed by atoms with van der Waals surface area (Å²) in [5.74, 6) is 0. The number of para-hydroxylation sites is 2. The lowest BCUT2D eigenvalue weighted by atomic mass is 9.94. The van der Waals surface area contributed by atoms with Crippen molar-refractivity contribution in [3.05, 3.63) is 304 Å². The van der Waals surface area contributed by atoms with Crippen LogP contribution >= 0.6 is 0 Å². The molecule has 0 aliphatic heterocycles. The molecule has 0 N–H and O–H groups in total. The average Bonchev–Trinajstić information content (AvgIpc) is 1.33. The Morgan fingerprint density at radius 1 is 0.212 bits per heavy atom. The van der Waals surface area contributed by atoms with Crippen LogP contribution in [0.5, 0.6) is 0 Å². The fourth-order valence-corrected chi connectivity index (χ4v) is 18.0. The Morgan fingerprint density at radius 2 is 0.565 bits per heavy atom. The van der Waals surface area contributed by atoms with E-state index in [1.807, 2.05) is 36.9 Å². The Hall–Kier alpha value is -11.1. The van der Waals surface area contributed by atoms with Crippen molar-refractivity contribution < 1.29 is 0 Å². The van der Waals surface area contributed by atoms with Gasteiger partial charge in [-0.25, -0.2) is 9.97 Å². The van der Waals surface area contributed by atoms with Crippen LogP contribution in [0.3, 0.4) is 0 Å². The zero-order valence-corrected chi connectivity index (χ0v) is 47.1. The van der Waals surface area contributed by atoms with Crippen LogP contribution in [0.15, 0.2) is 304 Å². The number of nitrogens with zero attached hydrogens (tertiary/aromatic N) is 6. The minimum Gasteiger partial charge on any atom is -0.256 e. The molecule has 6 aromatic heterocycles. The molecule has 6 nitrogen and oxygen atoms in total. The summed E-state index contributed by atoms with van der Waals surface area (Å²) in [4.78, 5) is 31.4. The van der Waals surface area contributed by atoms with E-state index in [4.69, 9.17) is 29.9 Å². The molecule has 16 rings (SSSR count). The second kappa shape index (κ2) is 20.7. The van der Waals surface area contributed by atoms with Crippen LogP contribution in [0.25, 0.3) is 132 Å². The molecule has 85 heavy (non-hydrogen) atoms. The molecule has 0 amide bonds. The molecular formula is C78H50N6Si. The van der Waals surface area contributed by atoms with Gasteiger partial charge in [-0.3, -0.25) is 19.9 Å². The Bertz CT molecular complexity index is 4910. The number of hydrogen-bond acceptors (Lipinski definition) is 6. The summed E-state index contributed by atoms with van der Waals surface area (Å²) in [6, 6.07) is 101. The SMILES string of the molecule is c1ccc(-c2ccnc3c2ccc2c(-c4cccc([Si](c5ccccc5)(c5ccccc5)c5cccc(-c6cc(-c7cccc8cccnc78)nc7c6ccc6c(-c8ccccc8)ccnc67)c5)c4)cc(-c4cccc5cccnc45)nc23)cc1. The molecule has 0 saturated carbocycles. The second-order valence-corrected chi connectivity index (χ2v) is 25.5. The van der Waals surface area contributed by atoms with E-state index in [-0.39, 0.29) is 0 Å². The third-order valence-corrected chi connectivity index (χ3v) is 21.7. The summed E-state index contributed by atoms with van der Waals surface area (Å²) in [5, 5.41) is 11.3. The highest BCUT2D eigenvalue weighted by Crippen LogP contribution is 2.41. The van der Waals surface area contributed by atoms with Crippen LogP contribution in [-0.4, -0.2) is 38.0 Å². The Balaban J connectivity index is 0.948. The topological polar surface area (TPSA) is 77.3 Å². The van der Waals surface area contributed by atoms with Gasteiger partial charge in [-0.05, 0) is 102 Å². The van der Waals surface area contributed by atoms with Gasteiger partial charge in [-0.15, -0.1) is 0 Å². The molecule has 7 heteroatoms. The summed E-state index contributed by atoms with van der Waals surface area (Å²) in [6.07, 6.45) is 7.57. The first kappa shape index (κ1) is 49.7. The summed E-state index contributed by atoms with van der Waals surface area (Å²) in [7, 11) is -3.24. The number of benzene rings is 10. The van der Waals surface area contributed by atoms with Crippen molar-refractivity contribution >= 4 is 94.2 Å². The maximum Gasteiger partial charge on any atom is 0.179 e. The molecule has 0 aliphatic rings. The van der Waals surface area contributed by atoms with Gasteiger partial charge in [0.2, 0.25) is 0 Å². The van der Waals surface area contributed by atoms with Gasteiger partial charge in [0, 0.05) is 68.2 Å². The van der Waals surface area contributed by atoms with E-state index in [0.29, 0.717) is 0 Å². The van der Waals surface area contributed by atoms with E-state index < -0.39 is 8.07 Å². The van der Waals surface area contributed by atoms with Crippen LogP contribution in [0.2, 0.25) is 0 Å². The Labute approximate surface area is 492 Å². The van der Waals surface area contributed by atoms with Crippen LogP contribution in [-0.2, 0) is 0 Å². The predicted octanol–water partition coefficient (Wildman–Crippen LogP) is 16.4. The molecule has 6 heterocycles. The first-order chi connectivity index (χ1) is 42.2. The van der Waals surface area contributed by atoms with Crippen LogP contribution < -0.4 is 20.7 Å². The zero-order chi connectivity index (χ0) is 56.3. The van der Waals surface area contributed by atoms with Gasteiger partial charge in [0.25, 0.3) is 0 Å². The van der Waals surface area contributed by atoms with Gasteiger partial charge in [0.05, 0.1) is 44.5 Å². The normalized spacial score (nSPS) is 11.8. The molecule has 0 radical (unpaired) electrons. The van der Waals surface area contributed by atoms with Crippen molar-refractivity contribution in [2.45, 2.75) is 0 Å². The summed E-state index contributed by atoms with van der Waals surface area (Å²) < 4.78 is 0. The Morgan fingerprint density at radius 3 is 1.00 bits per heavy atom. The fraction of sp³-hybridized carbons (Fsp3) is 0. The smallest absolute Gasteiger partial charge is 0.179 e. The van der Waals surface area contributed by atoms with Crippen LogP contribution in [0.4, 0.5) is 0 Å². The number of hydrogen-bond donors (Lipinski definition) is 0. The van der Waals surface area contributed by atoms with Gasteiger partial charge in [0.1, 0.15) is 0 Å². The zero-order valence-electron chi connectivity index (χ0n) is 46.1. The van der Waals surface area contributed by atoms with Crippen molar-refractivity contribution in [1.82, 2.24) is 29.9 Å². The highest BCUT2D eigenvalue weighted by Gasteiger charge is 2.42. The number of aromatic nitrogens is 6. The van der Waals surface area contributed by atoms with Crippen molar-refractivity contribution in [2.24, 2.45) is 0 Å². The molecule has 16 aromatic rings. The van der Waals surface area contributed by atoms with Crippen molar-refractivity contribution in [3.63, 3.8) is 0 Å². The highest BCUT2D eigenvalue weighted by atomic mass is 28.3. The Kier molecular flexibility index (Phi) is 12.1. The molecule has 0 atom stereocenters. The highest BCUT2D eigenvalue weighted by molar-refractivity contribution is 7.20. The van der Waals surface area contributed by atoms with Crippen LogP contribution in [0, 0.1) is 0 Å². The van der Waals surface area contributed by atoms with Gasteiger partial charge < -0.3 is 0 Å². The predicted molar refractivity (Wildman–Crippen MR) is 354 cm³/mol. The summed E-state index contributed by atoms with van der Waals surface area (Å²) in [5.41, 5.74) is 17.6. The number of fused-ring (bicyclic) bond motifs is 8. The molecule has 0 aliphatic carbocycles. The van der Waals surface area contributed by atoms with Gasteiger partial charge in [0.15, 0.2) is 8.07 Å². The van der Waals surface area contributed by atoms with E-state index >= 15 is 0 Å². The van der Waals surface area contributed by atoms with E-state index in [9.17, 15) is 0 Å². The van der Waals surface area contributed by atoms with Crippen molar-refractivity contribution in [3.8, 4) is 67.0 Å². The minimum atomic E-state index is -3.24. The first-order valence-corrected chi connectivity index (χ1v) is 30.7. The molecular weight excluding hydrogens is 1050 g/mol. The molecule has 0 bridgehead atoms. The fourth-order valence-electron chi connectivity index (χ4n) is 13.1. The molecule has 0 spiro atoms. The average molecular weight is 1100 g/mol. The molecule has 396 valence electrons. The molecule has 10 aromatic carbocycles. The lowest BCUT2D eigenvalue weighted by molar-refractivity contribution is 1.36. The van der Waals surface area contributed by atoms with Crippen molar-refractivity contribution in [2.75, 3.05) is 0 Å². The summed E-state index contributed by atoms with van der Waals surface area (Å²) >= 11 is 0. The number of rotatable bonds is 10. The molecule has 0 saturated heterocycles. The quantitative estimate of drug-likeness (QED) is 0.0771. The molecule has 0 fully saturated rings. The largest absolute Gasteiger partial charge is 0.256 e. The molecule has 0 unspecified atom stereocenters. The van der Waals surface area contributed by atoms with Gasteiger partial charge >= 0.3 is 0 Å². The minimum absolute atomic E-state index is 0.835. The van der Waals surface area contributed by atoms with E-state index in [1.54, 1.807) is 0 Å². The monoisotopic (exact) mass is 1100 g/mol. The van der Waals surface area contributed by atoms with Gasteiger partial charge in [-0.2, -0.15) is 0 Å². The van der Waals surface area contributed by atoms with E-state index in [1.165, 1.54) is 20.7 Å². The lowest BCUT2D eigenvalue weighted by Crippen LogP contribution is -2.74. The number of pyridine rings is 6. The maximum absolute atomic E-state index is 5.59. The standard InChI is InChI=1S/C78H50N6Si/c1-5-19-51(20-6-1)61-41-45-81-75-63(61)37-39-65-69(49-71(83-77(65)75)67-35-15-23-53-27-17-43-79-73(53)67)55-25-13-33-59(47-55)85(57-29-9-3-10-30-57,58-31-11-4-12-32-58)60-34-14-26-56(48-60)70-50-72(68-36-16-24-54-28-18-44-80-74(54)68)84-78-66(70)40-38-64-62(42-46-82-76(64)78)52-21-7-2-8-22-52/h1-50H. The second-order valence-electron chi connectivity index (χ2n) is 21.7. The van der Waals surface area contributed by atoms with Gasteiger partial charge in [-0.1, -0.05) is 243 Å². The third-order valence-electron chi connectivity index (χ3n) is 17.0. The van der Waals surface area contributed by atoms with Crippen LogP contribution in [0.1, 0.15) is 0 Å². The first-order valence-electron chi connectivity index (χ1n) is 28.7. The van der Waals surface area contributed by atoms with E-state index in [2.05, 4.69) is 267 Å². The third kappa shape index (κ3) is 8.39. The maximum atomic E-state index is 5.59. The summed E-state index contributed by atoms with van der Waals surface area (Å²) in [6.45, 7) is 0. The lowest BCUT2D eigenvalue weighted by Gasteiger charge is -2.35. The van der Waals surface area contributed by atoms with E-state index in [0.717, 1.165) is 132 Å². The van der Waals surface area contributed by atoms with Crippen molar-refractivity contribution in [1.29, 1.82) is 0 Å².